The highest BCUT2D eigenvalue weighted by Crippen LogP contribution is 2.65. The molecule has 2 aliphatic heterocycles. The van der Waals surface area contributed by atoms with Crippen molar-refractivity contribution in [1.82, 2.24) is 10.2 Å². The lowest BCUT2D eigenvalue weighted by Gasteiger charge is -2.47. The maximum absolute atomic E-state index is 14.0. The lowest BCUT2D eigenvalue weighted by molar-refractivity contribution is -0.129. The molecule has 8 heteroatoms. The first-order valence-electron chi connectivity index (χ1n) is 22.6. The van der Waals surface area contributed by atoms with Crippen molar-refractivity contribution in [3.8, 4) is 0 Å². The molecule has 2 aromatic carbocycles. The Morgan fingerprint density at radius 3 is 2.46 bits per heavy atom. The highest BCUT2D eigenvalue weighted by Gasteiger charge is 2.61. The van der Waals surface area contributed by atoms with E-state index in [1.807, 2.05) is 30.3 Å². The van der Waals surface area contributed by atoms with Gasteiger partial charge in [-0.1, -0.05) is 92.6 Å². The van der Waals surface area contributed by atoms with Gasteiger partial charge in [-0.25, -0.2) is 0 Å². The van der Waals surface area contributed by atoms with Gasteiger partial charge in [-0.2, -0.15) is 0 Å². The van der Waals surface area contributed by atoms with Crippen LogP contribution in [0.15, 0.2) is 77.4 Å². The summed E-state index contributed by atoms with van der Waals surface area (Å²) in [5.41, 5.74) is 6.48. The molecule has 0 bridgehead atoms. The number of nitrogens with one attached hydrogen (secondary N) is 1. The molecule has 1 N–H and O–H groups in total. The number of benzene rings is 2. The number of likely N-dealkylation sites (tertiary alicyclic amines) is 1. The fourth-order valence-corrected chi connectivity index (χ4v) is 12.8. The Hall–Kier alpha value is -4.01. The standard InChI is InChI=1S/C51H64N2O6/c1-31-26-46-48(34(4)51(59-46)24-22-40-41-19-18-38-28-39(55)21-23-50(38,5)43(41)29-42(40)33(51)3)53(30-31)25-9-12-45(56)44(52-47(57)20-13-32(2)54)27-35-14-16-37(17-15-35)49(58)36-10-7-6-8-11-36/h6-8,10-11,14-18,31,34,40-41,43-44,46,48H,9,12-13,19-30H2,1-5H3,(H,52,57)/t31-,34+,40-,41-,43-,44-,46+,48-,50-,51-/m0/s1. The van der Waals surface area contributed by atoms with Gasteiger partial charge < -0.3 is 14.8 Å². The van der Waals surface area contributed by atoms with Gasteiger partial charge in [-0.05, 0) is 112 Å². The van der Waals surface area contributed by atoms with Crippen LogP contribution in [0.1, 0.15) is 133 Å². The van der Waals surface area contributed by atoms with Gasteiger partial charge in [0.05, 0.1) is 17.7 Å². The van der Waals surface area contributed by atoms with Crippen LogP contribution in [0, 0.1) is 35.0 Å². The van der Waals surface area contributed by atoms with Crippen LogP contribution < -0.4 is 5.32 Å². The molecule has 2 saturated heterocycles. The predicted molar refractivity (Wildman–Crippen MR) is 229 cm³/mol. The van der Waals surface area contributed by atoms with Gasteiger partial charge in [0, 0.05) is 61.7 Å². The van der Waals surface area contributed by atoms with Crippen LogP contribution in [0.4, 0.5) is 0 Å². The third-order valence-corrected chi connectivity index (χ3v) is 15.9. The quantitative estimate of drug-likeness (QED) is 0.160. The zero-order valence-electron chi connectivity index (χ0n) is 35.9. The summed E-state index contributed by atoms with van der Waals surface area (Å²) in [6, 6.07) is 16.0. The Balaban J connectivity index is 0.939. The number of Topliss-reactive ketones (excluding diaryl/α,β-unsaturated/α-hetero) is 3. The minimum atomic E-state index is -0.725. The van der Waals surface area contributed by atoms with Crippen molar-refractivity contribution in [2.24, 2.45) is 35.0 Å². The van der Waals surface area contributed by atoms with Crippen LogP contribution in [0.25, 0.3) is 0 Å². The molecule has 10 atom stereocenters. The molecule has 59 heavy (non-hydrogen) atoms. The molecule has 314 valence electrons. The molecule has 4 fully saturated rings. The van der Waals surface area contributed by atoms with Crippen LogP contribution in [-0.4, -0.2) is 70.8 Å². The first-order valence-corrected chi connectivity index (χ1v) is 22.6. The van der Waals surface area contributed by atoms with E-state index in [0.717, 1.165) is 57.2 Å². The molecular formula is C51H64N2O6. The monoisotopic (exact) mass is 800 g/mol. The number of hydrogen-bond donors (Lipinski definition) is 1. The summed E-state index contributed by atoms with van der Waals surface area (Å²) < 4.78 is 7.37. The molecule has 1 spiro atoms. The zero-order chi connectivity index (χ0) is 41.6. The second kappa shape index (κ2) is 16.8. The molecule has 1 amide bonds. The Morgan fingerprint density at radius 1 is 0.966 bits per heavy atom. The first-order chi connectivity index (χ1) is 28.3. The van der Waals surface area contributed by atoms with Gasteiger partial charge in [0.1, 0.15) is 11.6 Å². The van der Waals surface area contributed by atoms with E-state index in [4.69, 9.17) is 4.74 Å². The van der Waals surface area contributed by atoms with Gasteiger partial charge in [-0.15, -0.1) is 0 Å². The Kier molecular flexibility index (Phi) is 11.9. The number of nitrogens with zero attached hydrogens (tertiary/aromatic N) is 1. The lowest BCUT2D eigenvalue weighted by atomic mass is 9.57. The molecule has 4 aliphatic carbocycles. The summed E-state index contributed by atoms with van der Waals surface area (Å²) >= 11 is 0. The maximum Gasteiger partial charge on any atom is 0.221 e. The predicted octanol–water partition coefficient (Wildman–Crippen LogP) is 8.60. The van der Waals surface area contributed by atoms with Crippen LogP contribution in [0.2, 0.25) is 0 Å². The number of carbonyl (C=O) groups excluding carboxylic acids is 5. The number of carbonyl (C=O) groups is 5. The van der Waals surface area contributed by atoms with Crippen molar-refractivity contribution in [1.29, 1.82) is 0 Å². The third-order valence-electron chi connectivity index (χ3n) is 15.9. The molecule has 8 nitrogen and oxygen atoms in total. The molecule has 0 radical (unpaired) electrons. The van der Waals surface area contributed by atoms with E-state index in [2.05, 4.69) is 44.0 Å². The average Bonchev–Trinajstić information content (AvgIpc) is 3.75. The van der Waals surface area contributed by atoms with Gasteiger partial charge >= 0.3 is 0 Å². The van der Waals surface area contributed by atoms with Crippen molar-refractivity contribution >= 4 is 29.0 Å². The number of ether oxygens (including phenoxy) is 1. The van der Waals surface area contributed by atoms with E-state index >= 15 is 0 Å². The molecular weight excluding hydrogens is 737 g/mol. The Morgan fingerprint density at radius 2 is 1.71 bits per heavy atom. The van der Waals surface area contributed by atoms with Crippen LogP contribution in [-0.2, 0) is 30.3 Å². The number of allylic oxidation sites excluding steroid dienone is 3. The molecule has 0 aromatic heterocycles. The van der Waals surface area contributed by atoms with E-state index in [1.165, 1.54) is 24.5 Å². The van der Waals surface area contributed by atoms with Gasteiger partial charge in [0.2, 0.25) is 5.91 Å². The molecule has 2 heterocycles. The summed E-state index contributed by atoms with van der Waals surface area (Å²) in [6.07, 6.45) is 12.0. The summed E-state index contributed by atoms with van der Waals surface area (Å²) in [5, 5.41) is 2.96. The summed E-state index contributed by atoms with van der Waals surface area (Å²) in [7, 11) is 0. The number of amides is 1. The van der Waals surface area contributed by atoms with Gasteiger partial charge in [0.25, 0.3) is 0 Å². The van der Waals surface area contributed by atoms with E-state index in [1.54, 1.807) is 29.8 Å². The number of fused-ring (bicyclic) bond motifs is 6. The van der Waals surface area contributed by atoms with Crippen molar-refractivity contribution < 1.29 is 28.7 Å². The van der Waals surface area contributed by atoms with E-state index in [-0.39, 0.29) is 59.3 Å². The Bertz CT molecular complexity index is 2040. The number of piperidine rings is 1. The molecule has 2 aromatic rings. The highest BCUT2D eigenvalue weighted by molar-refractivity contribution is 6.09. The zero-order valence-corrected chi connectivity index (χ0v) is 35.9. The van der Waals surface area contributed by atoms with E-state index < -0.39 is 6.04 Å². The van der Waals surface area contributed by atoms with Crippen LogP contribution >= 0.6 is 0 Å². The van der Waals surface area contributed by atoms with Gasteiger partial charge in [-0.3, -0.25) is 24.1 Å². The normalized spacial score (nSPS) is 33.1. The minimum Gasteiger partial charge on any atom is -0.365 e. The number of rotatable bonds is 13. The average molecular weight is 801 g/mol. The van der Waals surface area contributed by atoms with Crippen molar-refractivity contribution in [3.63, 3.8) is 0 Å². The van der Waals surface area contributed by atoms with Gasteiger partial charge in [0.15, 0.2) is 11.6 Å². The van der Waals surface area contributed by atoms with Crippen molar-refractivity contribution in [2.45, 2.75) is 142 Å². The van der Waals surface area contributed by atoms with Crippen molar-refractivity contribution in [2.75, 3.05) is 13.1 Å². The summed E-state index contributed by atoms with van der Waals surface area (Å²) in [5.74, 6) is 2.66. The second-order valence-corrected chi connectivity index (χ2v) is 19.5. The fraction of sp³-hybridized carbons (Fsp3) is 0.588. The summed E-state index contributed by atoms with van der Waals surface area (Å²) in [4.78, 5) is 66.7. The topological polar surface area (TPSA) is 110 Å². The molecule has 8 rings (SSSR count). The Labute approximate surface area is 351 Å². The second-order valence-electron chi connectivity index (χ2n) is 19.5. The molecule has 0 unspecified atom stereocenters. The van der Waals surface area contributed by atoms with Crippen molar-refractivity contribution in [3.05, 3.63) is 94.1 Å². The number of ketones is 4. The largest absolute Gasteiger partial charge is 0.365 e. The number of hydrogen-bond acceptors (Lipinski definition) is 7. The minimum absolute atomic E-state index is 0.0188. The SMILES string of the molecule is CC(=O)CCC(=O)N[C@@H](Cc1ccc(C(=O)c2ccccc2)cc1)C(=O)CCCN1C[C@@H](C)C[C@H]2O[C@]3(CC[C@@H]4C(=C3C)C[C@H]3[C@H]4CC=C4CC(=O)CC[C@@]43C)[C@H](C)[C@@H]21. The maximum atomic E-state index is 14.0. The summed E-state index contributed by atoms with van der Waals surface area (Å²) in [6.45, 7) is 12.8. The van der Waals surface area contributed by atoms with E-state index in [0.29, 0.717) is 72.2 Å². The van der Waals surface area contributed by atoms with Crippen LogP contribution in [0.5, 0.6) is 0 Å². The van der Waals surface area contributed by atoms with Crippen LogP contribution in [0.3, 0.4) is 0 Å². The molecule has 2 saturated carbocycles. The smallest absolute Gasteiger partial charge is 0.221 e. The third kappa shape index (κ3) is 8.01. The van der Waals surface area contributed by atoms with E-state index in [9.17, 15) is 24.0 Å². The first kappa shape index (κ1) is 41.7. The lowest BCUT2D eigenvalue weighted by Crippen LogP contribution is -2.52. The molecule has 6 aliphatic rings. The highest BCUT2D eigenvalue weighted by atomic mass is 16.5. The fourth-order valence-electron chi connectivity index (χ4n) is 12.8.